The normalized spacial score (nSPS) is 11.1. The minimum atomic E-state index is 0.709. The molecule has 0 bridgehead atoms. The zero-order chi connectivity index (χ0) is 13.0. The summed E-state index contributed by atoms with van der Waals surface area (Å²) < 4.78 is 7.62. The molecule has 0 unspecified atom stereocenters. The van der Waals surface area contributed by atoms with Gasteiger partial charge in [-0.05, 0) is 12.1 Å². The average Bonchev–Trinajstić information content (AvgIpc) is 2.91. The Morgan fingerprint density at radius 2 is 2.33 bits per heavy atom. The van der Waals surface area contributed by atoms with E-state index in [0.717, 1.165) is 28.0 Å². The minimum Gasteiger partial charge on any atom is -0.383 e. The summed E-state index contributed by atoms with van der Waals surface area (Å²) in [4.78, 5) is 1.10. The van der Waals surface area contributed by atoms with E-state index in [1.165, 1.54) is 5.56 Å². The van der Waals surface area contributed by atoms with Crippen molar-refractivity contribution in [2.75, 3.05) is 20.3 Å². The molecule has 0 radical (unpaired) electrons. The number of aromatic nitrogens is 2. The molecule has 0 spiro atoms. The Balaban J connectivity index is 2.10. The lowest BCUT2D eigenvalue weighted by atomic mass is 10.2. The van der Waals surface area contributed by atoms with Crippen LogP contribution >= 0.6 is 22.9 Å². The van der Waals surface area contributed by atoms with Gasteiger partial charge in [0.2, 0.25) is 0 Å². The fourth-order valence-electron chi connectivity index (χ4n) is 1.71. The van der Waals surface area contributed by atoms with Gasteiger partial charge in [0.15, 0.2) is 0 Å². The topological polar surface area (TPSA) is 39.1 Å². The Morgan fingerprint density at radius 3 is 3.00 bits per heavy atom. The van der Waals surface area contributed by atoms with Crippen molar-refractivity contribution in [3.8, 4) is 10.6 Å². The van der Waals surface area contributed by atoms with Crippen LogP contribution in [0.1, 0.15) is 5.56 Å². The van der Waals surface area contributed by atoms with Gasteiger partial charge < -0.3 is 10.1 Å². The summed E-state index contributed by atoms with van der Waals surface area (Å²) >= 11 is 7.52. The van der Waals surface area contributed by atoms with Crippen LogP contribution in [0.4, 0.5) is 0 Å². The third kappa shape index (κ3) is 3.32. The van der Waals surface area contributed by atoms with Gasteiger partial charge in [0.05, 0.1) is 15.8 Å². The number of nitrogens with one attached hydrogen (secondary N) is 1. The molecule has 98 valence electrons. The summed E-state index contributed by atoms with van der Waals surface area (Å²) in [7, 11) is 3.63. The van der Waals surface area contributed by atoms with Crippen LogP contribution in [-0.2, 0) is 18.3 Å². The Labute approximate surface area is 116 Å². The first kappa shape index (κ1) is 13.5. The van der Waals surface area contributed by atoms with Crippen LogP contribution in [-0.4, -0.2) is 30.0 Å². The number of halogens is 1. The molecular weight excluding hydrogens is 270 g/mol. The molecule has 0 aliphatic rings. The highest BCUT2D eigenvalue weighted by Crippen LogP contribution is 2.31. The van der Waals surface area contributed by atoms with Crippen molar-refractivity contribution in [2.24, 2.45) is 7.05 Å². The molecule has 0 saturated carbocycles. The monoisotopic (exact) mass is 285 g/mol. The van der Waals surface area contributed by atoms with Gasteiger partial charge in [-0.15, -0.1) is 11.3 Å². The van der Waals surface area contributed by atoms with E-state index in [0.29, 0.717) is 6.61 Å². The second-order valence-corrected chi connectivity index (χ2v) is 5.67. The van der Waals surface area contributed by atoms with Gasteiger partial charge in [0.25, 0.3) is 0 Å². The number of rotatable bonds is 6. The first-order valence-corrected chi connectivity index (χ1v) is 6.88. The van der Waals surface area contributed by atoms with Crippen molar-refractivity contribution in [3.05, 3.63) is 28.2 Å². The minimum absolute atomic E-state index is 0.709. The molecule has 2 heterocycles. The molecule has 18 heavy (non-hydrogen) atoms. The number of hydrogen-bond acceptors (Lipinski definition) is 4. The number of nitrogens with zero attached hydrogens (tertiary/aromatic N) is 2. The summed E-state index contributed by atoms with van der Waals surface area (Å²) in [5, 5.41) is 7.82. The number of ether oxygens (including phenoxy) is 1. The first-order valence-electron chi connectivity index (χ1n) is 5.68. The molecule has 6 heteroatoms. The lowest BCUT2D eigenvalue weighted by Crippen LogP contribution is -2.18. The highest BCUT2D eigenvalue weighted by atomic mass is 35.5. The number of methoxy groups -OCH3 is 1. The molecule has 0 aromatic carbocycles. The SMILES string of the molecule is COCCNCc1cn(C)nc1-c1ccc(Cl)s1. The van der Waals surface area contributed by atoms with E-state index >= 15 is 0 Å². The fraction of sp³-hybridized carbons (Fsp3) is 0.417. The lowest BCUT2D eigenvalue weighted by Gasteiger charge is -2.03. The van der Waals surface area contributed by atoms with Crippen molar-refractivity contribution in [1.29, 1.82) is 0 Å². The van der Waals surface area contributed by atoms with Gasteiger partial charge in [-0.2, -0.15) is 5.10 Å². The van der Waals surface area contributed by atoms with Gasteiger partial charge in [-0.25, -0.2) is 0 Å². The van der Waals surface area contributed by atoms with Crippen LogP contribution < -0.4 is 5.32 Å². The summed E-state index contributed by atoms with van der Waals surface area (Å²) in [6.07, 6.45) is 2.03. The molecule has 0 amide bonds. The highest BCUT2D eigenvalue weighted by Gasteiger charge is 2.11. The van der Waals surface area contributed by atoms with E-state index in [2.05, 4.69) is 10.4 Å². The molecule has 1 N–H and O–H groups in total. The number of thiophene rings is 1. The highest BCUT2D eigenvalue weighted by molar-refractivity contribution is 7.19. The van der Waals surface area contributed by atoms with Crippen LogP contribution in [0.3, 0.4) is 0 Å². The van der Waals surface area contributed by atoms with E-state index in [1.807, 2.05) is 30.1 Å². The maximum absolute atomic E-state index is 5.97. The molecule has 4 nitrogen and oxygen atoms in total. The first-order chi connectivity index (χ1) is 8.70. The molecule has 0 fully saturated rings. The Kier molecular flexibility index (Phi) is 4.77. The third-order valence-electron chi connectivity index (χ3n) is 2.51. The zero-order valence-corrected chi connectivity index (χ0v) is 12.0. The van der Waals surface area contributed by atoms with Gasteiger partial charge in [0, 0.05) is 39.0 Å². The zero-order valence-electron chi connectivity index (χ0n) is 10.4. The number of hydrogen-bond donors (Lipinski definition) is 1. The summed E-state index contributed by atoms with van der Waals surface area (Å²) in [5.41, 5.74) is 2.17. The van der Waals surface area contributed by atoms with Gasteiger partial charge >= 0.3 is 0 Å². The maximum Gasteiger partial charge on any atom is 0.107 e. The van der Waals surface area contributed by atoms with Crippen molar-refractivity contribution >= 4 is 22.9 Å². The molecular formula is C12H16ClN3OS. The third-order valence-corrected chi connectivity index (χ3v) is 3.75. The van der Waals surface area contributed by atoms with Crippen molar-refractivity contribution in [3.63, 3.8) is 0 Å². The van der Waals surface area contributed by atoms with Crippen LogP contribution in [0.15, 0.2) is 18.3 Å². The average molecular weight is 286 g/mol. The van der Waals surface area contributed by atoms with E-state index in [1.54, 1.807) is 18.4 Å². The van der Waals surface area contributed by atoms with E-state index in [4.69, 9.17) is 16.3 Å². The summed E-state index contributed by atoms with van der Waals surface area (Å²) in [6, 6.07) is 3.91. The predicted molar refractivity (Wildman–Crippen MR) is 75.1 cm³/mol. The van der Waals surface area contributed by atoms with Crippen LogP contribution in [0.25, 0.3) is 10.6 Å². The standard InChI is InChI=1S/C12H16ClN3OS/c1-16-8-9(7-14-5-6-17-2)12(15-16)10-3-4-11(13)18-10/h3-4,8,14H,5-7H2,1-2H3. The van der Waals surface area contributed by atoms with Crippen molar-refractivity contribution in [1.82, 2.24) is 15.1 Å². The summed E-state index contributed by atoms with van der Waals surface area (Å²) in [5.74, 6) is 0. The smallest absolute Gasteiger partial charge is 0.107 e. The van der Waals surface area contributed by atoms with Crippen LogP contribution in [0, 0.1) is 0 Å². The molecule has 0 atom stereocenters. The van der Waals surface area contributed by atoms with Crippen LogP contribution in [0.5, 0.6) is 0 Å². The fourth-order valence-corrected chi connectivity index (χ4v) is 2.78. The second-order valence-electron chi connectivity index (χ2n) is 3.95. The van der Waals surface area contributed by atoms with E-state index in [9.17, 15) is 0 Å². The Bertz CT molecular complexity index is 509. The molecule has 2 rings (SSSR count). The van der Waals surface area contributed by atoms with Crippen LogP contribution in [0.2, 0.25) is 4.34 Å². The maximum atomic E-state index is 5.97. The van der Waals surface area contributed by atoms with Gasteiger partial charge in [0.1, 0.15) is 5.69 Å². The lowest BCUT2D eigenvalue weighted by molar-refractivity contribution is 0.199. The van der Waals surface area contributed by atoms with E-state index < -0.39 is 0 Å². The van der Waals surface area contributed by atoms with Crippen molar-refractivity contribution in [2.45, 2.75) is 6.54 Å². The molecule has 0 aliphatic carbocycles. The Morgan fingerprint density at radius 1 is 1.50 bits per heavy atom. The van der Waals surface area contributed by atoms with E-state index in [-0.39, 0.29) is 0 Å². The van der Waals surface area contributed by atoms with Crippen molar-refractivity contribution < 1.29 is 4.74 Å². The largest absolute Gasteiger partial charge is 0.383 e. The van der Waals surface area contributed by atoms with Gasteiger partial charge in [-0.1, -0.05) is 11.6 Å². The molecule has 2 aromatic heterocycles. The molecule has 0 aliphatic heterocycles. The van der Waals surface area contributed by atoms with Gasteiger partial charge in [-0.3, -0.25) is 4.68 Å². The molecule has 0 saturated heterocycles. The molecule has 2 aromatic rings. The summed E-state index contributed by atoms with van der Waals surface area (Å²) in [6.45, 7) is 2.32. The Hall–Kier alpha value is -0.880. The predicted octanol–water partition coefficient (Wildman–Crippen LogP) is 2.54. The number of aryl methyl sites for hydroxylation is 1. The second kappa shape index (κ2) is 6.33. The quantitative estimate of drug-likeness (QED) is 0.829.